The number of aryl methyl sites for hydroxylation is 2. The number of ether oxygens (including phenoxy) is 1. The van der Waals surface area contributed by atoms with Gasteiger partial charge in [-0.15, -0.1) is 0 Å². The molecule has 2 aromatic rings. The summed E-state index contributed by atoms with van der Waals surface area (Å²) in [6.45, 7) is 1.19. The molecule has 1 atom stereocenters. The minimum absolute atomic E-state index is 0.278. The van der Waals surface area contributed by atoms with Gasteiger partial charge < -0.3 is 4.74 Å². The second kappa shape index (κ2) is 6.55. The fourth-order valence-corrected chi connectivity index (χ4v) is 3.02. The molecular formula is C17H20F3N3O. The minimum atomic E-state index is -4.34. The van der Waals surface area contributed by atoms with Crippen LogP contribution in [0.25, 0.3) is 0 Å². The molecule has 0 bridgehead atoms. The highest BCUT2D eigenvalue weighted by Gasteiger charge is 2.40. The van der Waals surface area contributed by atoms with Crippen molar-refractivity contribution in [2.24, 2.45) is 0 Å². The Hall–Kier alpha value is -1.89. The summed E-state index contributed by atoms with van der Waals surface area (Å²) in [5.41, 5.74) is 0.318. The van der Waals surface area contributed by atoms with Crippen LogP contribution in [-0.4, -0.2) is 27.5 Å². The number of alkyl halides is 3. The molecule has 1 aliphatic heterocycles. The van der Waals surface area contributed by atoms with Crippen molar-refractivity contribution in [1.29, 1.82) is 0 Å². The molecule has 1 fully saturated rings. The van der Waals surface area contributed by atoms with E-state index in [0.717, 1.165) is 16.7 Å². The lowest BCUT2D eigenvalue weighted by atomic mass is 10.0. The van der Waals surface area contributed by atoms with Crippen molar-refractivity contribution in [1.82, 2.24) is 14.8 Å². The van der Waals surface area contributed by atoms with Gasteiger partial charge in [0.05, 0.1) is 0 Å². The molecule has 1 aliphatic rings. The van der Waals surface area contributed by atoms with Gasteiger partial charge >= 0.3 is 6.18 Å². The van der Waals surface area contributed by atoms with Gasteiger partial charge in [0.15, 0.2) is 11.6 Å². The van der Waals surface area contributed by atoms with Gasteiger partial charge in [-0.25, -0.2) is 9.67 Å². The van der Waals surface area contributed by atoms with E-state index in [4.69, 9.17) is 4.74 Å². The maximum absolute atomic E-state index is 12.9. The minimum Gasteiger partial charge on any atom is -0.367 e. The Morgan fingerprint density at radius 3 is 2.58 bits per heavy atom. The highest BCUT2D eigenvalue weighted by molar-refractivity contribution is 5.16. The number of hydrogen-bond acceptors (Lipinski definition) is 3. The molecule has 7 heteroatoms. The lowest BCUT2D eigenvalue weighted by molar-refractivity contribution is -0.144. The molecule has 0 N–H and O–H groups in total. The van der Waals surface area contributed by atoms with Gasteiger partial charge in [0.25, 0.3) is 0 Å². The predicted molar refractivity (Wildman–Crippen MR) is 82.5 cm³/mol. The fraction of sp³-hybridized carbons (Fsp3) is 0.529. The van der Waals surface area contributed by atoms with Crippen LogP contribution in [0.2, 0.25) is 0 Å². The number of hydrogen-bond donors (Lipinski definition) is 0. The van der Waals surface area contributed by atoms with Crippen LogP contribution in [0.5, 0.6) is 0 Å². The van der Waals surface area contributed by atoms with Gasteiger partial charge in [-0.2, -0.15) is 18.3 Å². The first-order chi connectivity index (χ1) is 11.4. The highest BCUT2D eigenvalue weighted by Crippen LogP contribution is 2.35. The molecule has 130 valence electrons. The van der Waals surface area contributed by atoms with Crippen molar-refractivity contribution in [3.8, 4) is 0 Å². The lowest BCUT2D eigenvalue weighted by Crippen LogP contribution is -2.29. The van der Waals surface area contributed by atoms with E-state index in [1.54, 1.807) is 6.92 Å². The zero-order chi connectivity index (χ0) is 17.2. The van der Waals surface area contributed by atoms with Crippen molar-refractivity contribution < 1.29 is 17.9 Å². The average molecular weight is 339 g/mol. The normalized spacial score (nSPS) is 21.3. The Bertz CT molecular complexity index is 676. The van der Waals surface area contributed by atoms with Crippen LogP contribution in [-0.2, 0) is 29.7 Å². The Kier molecular flexibility index (Phi) is 4.62. The third-order valence-electron chi connectivity index (χ3n) is 4.22. The summed E-state index contributed by atoms with van der Waals surface area (Å²) in [5.74, 6) is 0.704. The molecule has 0 radical (unpaired) electrons. The first kappa shape index (κ1) is 17.0. The Labute approximate surface area is 138 Å². The van der Waals surface area contributed by atoms with Gasteiger partial charge in [0.2, 0.25) is 0 Å². The zero-order valence-electron chi connectivity index (χ0n) is 13.5. The molecule has 1 aromatic carbocycles. The van der Waals surface area contributed by atoms with Gasteiger partial charge in [0.1, 0.15) is 12.1 Å². The smallest absolute Gasteiger partial charge is 0.367 e. The summed E-state index contributed by atoms with van der Waals surface area (Å²) < 4.78 is 45.2. The van der Waals surface area contributed by atoms with E-state index in [9.17, 15) is 13.2 Å². The zero-order valence-corrected chi connectivity index (χ0v) is 13.5. The third kappa shape index (κ3) is 3.95. The topological polar surface area (TPSA) is 39.9 Å². The van der Waals surface area contributed by atoms with Crippen LogP contribution in [0, 0.1) is 0 Å². The second-order valence-electron chi connectivity index (χ2n) is 6.29. The van der Waals surface area contributed by atoms with Crippen LogP contribution in [0.15, 0.2) is 30.3 Å². The van der Waals surface area contributed by atoms with Gasteiger partial charge in [-0.05, 0) is 31.7 Å². The number of rotatable bonds is 5. The molecule has 3 rings (SSSR count). The van der Waals surface area contributed by atoms with Crippen molar-refractivity contribution in [3.63, 3.8) is 0 Å². The van der Waals surface area contributed by atoms with E-state index in [-0.39, 0.29) is 5.82 Å². The van der Waals surface area contributed by atoms with Crippen molar-refractivity contribution >= 4 is 0 Å². The van der Waals surface area contributed by atoms with Crippen LogP contribution < -0.4 is 0 Å². The molecule has 1 aromatic heterocycles. The highest BCUT2D eigenvalue weighted by atomic mass is 19.4. The van der Waals surface area contributed by atoms with Gasteiger partial charge in [-0.3, -0.25) is 0 Å². The molecule has 4 nitrogen and oxygen atoms in total. The van der Waals surface area contributed by atoms with E-state index in [1.165, 1.54) is 0 Å². The monoisotopic (exact) mass is 339 g/mol. The van der Waals surface area contributed by atoms with Crippen LogP contribution in [0.1, 0.15) is 37.0 Å². The van der Waals surface area contributed by atoms with Crippen molar-refractivity contribution in [2.75, 3.05) is 6.61 Å². The molecule has 0 aliphatic carbocycles. The molecule has 0 spiro atoms. The lowest BCUT2D eigenvalue weighted by Gasteiger charge is -2.22. The van der Waals surface area contributed by atoms with E-state index >= 15 is 0 Å². The van der Waals surface area contributed by atoms with E-state index in [0.29, 0.717) is 31.7 Å². The van der Waals surface area contributed by atoms with E-state index < -0.39 is 18.3 Å². The Balaban J connectivity index is 1.82. The van der Waals surface area contributed by atoms with Crippen LogP contribution >= 0.6 is 0 Å². The maximum atomic E-state index is 12.9. The molecular weight excluding hydrogens is 319 g/mol. The van der Waals surface area contributed by atoms with Crippen molar-refractivity contribution in [3.05, 3.63) is 47.5 Å². The summed E-state index contributed by atoms with van der Waals surface area (Å²) in [4.78, 5) is 4.39. The molecule has 0 amide bonds. The number of halogens is 3. The average Bonchev–Trinajstić information content (AvgIpc) is 3.12. The second-order valence-corrected chi connectivity index (χ2v) is 6.29. The number of aromatic nitrogens is 3. The summed E-state index contributed by atoms with van der Waals surface area (Å²) in [6.07, 6.45) is -1.68. The third-order valence-corrected chi connectivity index (χ3v) is 4.22. The largest absolute Gasteiger partial charge is 0.408 e. The quantitative estimate of drug-likeness (QED) is 0.835. The molecule has 0 unspecified atom stereocenters. The van der Waals surface area contributed by atoms with Crippen LogP contribution in [0.3, 0.4) is 0 Å². The van der Waals surface area contributed by atoms with Gasteiger partial charge in [-0.1, -0.05) is 30.3 Å². The first-order valence-electron chi connectivity index (χ1n) is 8.05. The Morgan fingerprint density at radius 2 is 1.96 bits per heavy atom. The van der Waals surface area contributed by atoms with E-state index in [1.807, 2.05) is 30.3 Å². The molecule has 24 heavy (non-hydrogen) atoms. The predicted octanol–water partition coefficient (Wildman–Crippen LogP) is 3.65. The molecule has 1 saturated heterocycles. The van der Waals surface area contributed by atoms with Crippen molar-refractivity contribution in [2.45, 2.75) is 50.9 Å². The number of nitrogens with zero attached hydrogens (tertiary/aromatic N) is 3. The number of benzene rings is 1. The summed E-state index contributed by atoms with van der Waals surface area (Å²) in [5, 5.41) is 4.11. The fourth-order valence-electron chi connectivity index (χ4n) is 3.02. The summed E-state index contributed by atoms with van der Waals surface area (Å²) in [7, 11) is 0. The summed E-state index contributed by atoms with van der Waals surface area (Å²) >= 11 is 0. The Morgan fingerprint density at radius 1 is 1.21 bits per heavy atom. The molecule has 0 saturated carbocycles. The van der Waals surface area contributed by atoms with Crippen LogP contribution in [0.4, 0.5) is 13.2 Å². The summed E-state index contributed by atoms with van der Waals surface area (Å²) in [6, 6.07) is 9.76. The first-order valence-corrected chi connectivity index (χ1v) is 8.05. The van der Waals surface area contributed by atoms with Gasteiger partial charge in [0, 0.05) is 13.0 Å². The molecule has 2 heterocycles. The van der Waals surface area contributed by atoms with E-state index in [2.05, 4.69) is 10.1 Å². The standard InChI is InChI=1S/C17H20F3N3O/c1-16(10-5-11-24-16)15-21-14(22-23(15)12-17(18,19)20)9-8-13-6-3-2-4-7-13/h2-4,6-7H,5,8-12H2,1H3/t16-/m0/s1. The SMILES string of the molecule is C[C@@]1(c2nc(CCc3ccccc3)nn2CC(F)(F)F)CCCO1. The maximum Gasteiger partial charge on any atom is 0.408 e.